The van der Waals surface area contributed by atoms with Crippen LogP contribution in [-0.4, -0.2) is 50.1 Å². The van der Waals surface area contributed by atoms with Crippen LogP contribution in [0.5, 0.6) is 0 Å². The Morgan fingerprint density at radius 3 is 2.71 bits per heavy atom. The number of nitrogens with one attached hydrogen (secondary N) is 2. The van der Waals surface area contributed by atoms with E-state index in [1.165, 1.54) is 11.1 Å². The minimum absolute atomic E-state index is 0. The second kappa shape index (κ2) is 9.77. The average molecular weight is 312 g/mol. The van der Waals surface area contributed by atoms with Crippen LogP contribution in [0.2, 0.25) is 0 Å². The van der Waals surface area contributed by atoms with Gasteiger partial charge in [0.2, 0.25) is 5.91 Å². The summed E-state index contributed by atoms with van der Waals surface area (Å²) >= 11 is 0. The van der Waals surface area contributed by atoms with Crippen LogP contribution in [0.4, 0.5) is 0 Å². The molecule has 1 aromatic carbocycles. The predicted molar refractivity (Wildman–Crippen MR) is 89.1 cm³/mol. The molecule has 0 unspecified atom stereocenters. The highest BCUT2D eigenvalue weighted by atomic mass is 35.5. The first-order chi connectivity index (χ1) is 9.75. The van der Waals surface area contributed by atoms with Crippen LogP contribution in [0.15, 0.2) is 24.3 Å². The van der Waals surface area contributed by atoms with Gasteiger partial charge in [0.25, 0.3) is 0 Å². The molecule has 4 nitrogen and oxygen atoms in total. The minimum atomic E-state index is 0. The molecule has 0 saturated carbocycles. The van der Waals surface area contributed by atoms with Crippen LogP contribution in [0.3, 0.4) is 0 Å². The maximum atomic E-state index is 11.8. The Kier molecular flexibility index (Phi) is 8.35. The van der Waals surface area contributed by atoms with E-state index in [2.05, 4.69) is 34.6 Å². The fraction of sp³-hybridized carbons (Fsp3) is 0.562. The first-order valence-electron chi connectivity index (χ1n) is 7.50. The molecule has 5 heteroatoms. The van der Waals surface area contributed by atoms with E-state index >= 15 is 0 Å². The molecule has 2 N–H and O–H groups in total. The van der Waals surface area contributed by atoms with Crippen LogP contribution >= 0.6 is 12.4 Å². The molecule has 1 fully saturated rings. The Labute approximate surface area is 133 Å². The van der Waals surface area contributed by atoms with E-state index in [0.717, 1.165) is 45.7 Å². The van der Waals surface area contributed by atoms with Crippen LogP contribution in [0.25, 0.3) is 0 Å². The van der Waals surface area contributed by atoms with E-state index < -0.39 is 0 Å². The van der Waals surface area contributed by atoms with Gasteiger partial charge in [-0.3, -0.25) is 9.69 Å². The highest BCUT2D eigenvalue weighted by Gasteiger charge is 2.09. The van der Waals surface area contributed by atoms with Gasteiger partial charge in [-0.25, -0.2) is 0 Å². The number of carbonyl (C=O) groups excluding carboxylic acids is 1. The van der Waals surface area contributed by atoms with Gasteiger partial charge in [-0.2, -0.15) is 0 Å². The summed E-state index contributed by atoms with van der Waals surface area (Å²) in [5.41, 5.74) is 2.53. The summed E-state index contributed by atoms with van der Waals surface area (Å²) in [4.78, 5) is 14.2. The third-order valence-corrected chi connectivity index (χ3v) is 3.84. The van der Waals surface area contributed by atoms with E-state index in [1.807, 2.05) is 12.1 Å². The molecule has 0 bridgehead atoms. The molecule has 21 heavy (non-hydrogen) atoms. The van der Waals surface area contributed by atoms with Gasteiger partial charge in [-0.15, -0.1) is 12.4 Å². The smallest absolute Gasteiger partial charge is 0.220 e. The number of rotatable bonds is 6. The van der Waals surface area contributed by atoms with Crippen LogP contribution in [0, 0.1) is 6.92 Å². The fourth-order valence-electron chi connectivity index (χ4n) is 2.52. The summed E-state index contributed by atoms with van der Waals surface area (Å²) in [5.74, 6) is 0.156. The highest BCUT2D eigenvalue weighted by molar-refractivity contribution is 5.85. The molecule has 1 saturated heterocycles. The molecular weight excluding hydrogens is 286 g/mol. The Hall–Kier alpha value is -1.10. The highest BCUT2D eigenvalue weighted by Crippen LogP contribution is 2.09. The second-order valence-corrected chi connectivity index (χ2v) is 5.37. The fourth-order valence-corrected chi connectivity index (χ4v) is 2.52. The first kappa shape index (κ1) is 18.0. The lowest BCUT2D eigenvalue weighted by Crippen LogP contribution is -2.46. The van der Waals surface area contributed by atoms with Gasteiger partial charge in [0.05, 0.1) is 0 Å². The number of carbonyl (C=O) groups is 1. The predicted octanol–water partition coefficient (Wildman–Crippen LogP) is 1.37. The van der Waals surface area contributed by atoms with Crippen LogP contribution in [-0.2, 0) is 11.2 Å². The maximum absolute atomic E-state index is 11.8. The van der Waals surface area contributed by atoms with E-state index in [0.29, 0.717) is 6.42 Å². The zero-order valence-corrected chi connectivity index (χ0v) is 13.5. The van der Waals surface area contributed by atoms with E-state index in [9.17, 15) is 4.79 Å². The van der Waals surface area contributed by atoms with Crippen molar-refractivity contribution in [1.29, 1.82) is 0 Å². The molecule has 0 spiro atoms. The maximum Gasteiger partial charge on any atom is 0.220 e. The first-order valence-corrected chi connectivity index (χ1v) is 7.50. The number of nitrogens with zero attached hydrogens (tertiary/aromatic N) is 1. The quantitative estimate of drug-likeness (QED) is 0.834. The molecule has 1 aliphatic heterocycles. The molecule has 0 radical (unpaired) electrons. The second-order valence-electron chi connectivity index (χ2n) is 5.37. The minimum Gasteiger partial charge on any atom is -0.355 e. The number of hydrogen-bond acceptors (Lipinski definition) is 3. The average Bonchev–Trinajstić information content (AvgIpc) is 2.47. The molecule has 0 aromatic heterocycles. The van der Waals surface area contributed by atoms with Crippen molar-refractivity contribution in [2.45, 2.75) is 19.8 Å². The normalized spacial score (nSPS) is 15.3. The van der Waals surface area contributed by atoms with Gasteiger partial charge in [-0.1, -0.05) is 24.3 Å². The van der Waals surface area contributed by atoms with Crippen LogP contribution in [0.1, 0.15) is 17.5 Å². The van der Waals surface area contributed by atoms with Gasteiger partial charge in [0.15, 0.2) is 0 Å². The van der Waals surface area contributed by atoms with Crippen molar-refractivity contribution in [1.82, 2.24) is 15.5 Å². The molecule has 1 amide bonds. The number of amides is 1. The lowest BCUT2D eigenvalue weighted by molar-refractivity contribution is -0.121. The van der Waals surface area contributed by atoms with E-state index in [-0.39, 0.29) is 18.3 Å². The lowest BCUT2D eigenvalue weighted by Gasteiger charge is -2.27. The van der Waals surface area contributed by atoms with Crippen molar-refractivity contribution in [2.24, 2.45) is 0 Å². The molecule has 118 valence electrons. The molecule has 2 rings (SSSR count). The summed E-state index contributed by atoms with van der Waals surface area (Å²) < 4.78 is 0. The van der Waals surface area contributed by atoms with Crippen molar-refractivity contribution in [3.05, 3.63) is 35.4 Å². The van der Waals surface area contributed by atoms with E-state index in [4.69, 9.17) is 0 Å². The van der Waals surface area contributed by atoms with Crippen molar-refractivity contribution >= 4 is 18.3 Å². The number of halogens is 1. The van der Waals surface area contributed by atoms with Gasteiger partial charge in [-0.05, 0) is 24.5 Å². The van der Waals surface area contributed by atoms with Crippen molar-refractivity contribution < 1.29 is 4.79 Å². The van der Waals surface area contributed by atoms with Crippen molar-refractivity contribution in [3.8, 4) is 0 Å². The molecule has 0 aliphatic carbocycles. The van der Waals surface area contributed by atoms with Crippen molar-refractivity contribution in [3.63, 3.8) is 0 Å². The molecule has 1 aromatic rings. The Morgan fingerprint density at radius 1 is 1.29 bits per heavy atom. The third-order valence-electron chi connectivity index (χ3n) is 3.84. The third kappa shape index (κ3) is 6.46. The number of aryl methyl sites for hydroxylation is 2. The molecule has 1 heterocycles. The Morgan fingerprint density at radius 2 is 2.00 bits per heavy atom. The summed E-state index contributed by atoms with van der Waals surface area (Å²) in [6, 6.07) is 8.26. The lowest BCUT2D eigenvalue weighted by atomic mass is 10.0. The van der Waals surface area contributed by atoms with E-state index in [1.54, 1.807) is 0 Å². The Bertz CT molecular complexity index is 433. The Balaban J connectivity index is 0.00000220. The zero-order chi connectivity index (χ0) is 14.2. The van der Waals surface area contributed by atoms with Gasteiger partial charge < -0.3 is 10.6 Å². The zero-order valence-electron chi connectivity index (χ0n) is 12.7. The summed E-state index contributed by atoms with van der Waals surface area (Å²) in [6.45, 7) is 8.09. The van der Waals surface area contributed by atoms with Gasteiger partial charge in [0.1, 0.15) is 0 Å². The SMILES string of the molecule is Cc1ccccc1CCC(=O)NCCN1CCNCC1.Cl. The summed E-state index contributed by atoms with van der Waals surface area (Å²) in [6.07, 6.45) is 1.40. The monoisotopic (exact) mass is 311 g/mol. The van der Waals surface area contributed by atoms with Gasteiger partial charge in [0, 0.05) is 45.7 Å². The van der Waals surface area contributed by atoms with Crippen molar-refractivity contribution in [2.75, 3.05) is 39.3 Å². The number of piperazine rings is 1. The van der Waals surface area contributed by atoms with Gasteiger partial charge >= 0.3 is 0 Å². The molecular formula is C16H26ClN3O. The largest absolute Gasteiger partial charge is 0.355 e. The topological polar surface area (TPSA) is 44.4 Å². The molecule has 1 aliphatic rings. The molecule has 0 atom stereocenters. The summed E-state index contributed by atoms with van der Waals surface area (Å²) in [7, 11) is 0. The standard InChI is InChI=1S/C16H25N3O.ClH/c1-14-4-2-3-5-15(14)6-7-16(20)18-10-13-19-11-8-17-9-12-19;/h2-5,17H,6-13H2,1H3,(H,18,20);1H. The van der Waals surface area contributed by atoms with Crippen LogP contribution < -0.4 is 10.6 Å². The number of benzene rings is 1. The summed E-state index contributed by atoms with van der Waals surface area (Å²) in [5, 5.41) is 6.35. The number of hydrogen-bond donors (Lipinski definition) is 2.